The Hall–Kier alpha value is -1.46. The lowest BCUT2D eigenvalue weighted by Crippen LogP contribution is -2.18. The SMILES string of the molecule is COc1cc(C)nc(CNC(C)c2sc(C)nc2C)c1. The van der Waals surface area contributed by atoms with Crippen LogP contribution in [0.5, 0.6) is 5.75 Å². The van der Waals surface area contributed by atoms with Crippen LogP contribution < -0.4 is 10.1 Å². The van der Waals surface area contributed by atoms with Gasteiger partial charge in [0.05, 0.1) is 23.5 Å². The molecule has 1 atom stereocenters. The number of pyridine rings is 1. The van der Waals surface area contributed by atoms with E-state index in [1.54, 1.807) is 18.4 Å². The first-order chi connectivity index (χ1) is 9.49. The number of aryl methyl sites for hydroxylation is 3. The summed E-state index contributed by atoms with van der Waals surface area (Å²) in [7, 11) is 1.68. The summed E-state index contributed by atoms with van der Waals surface area (Å²) in [6.45, 7) is 8.96. The van der Waals surface area contributed by atoms with Crippen molar-refractivity contribution in [1.82, 2.24) is 15.3 Å². The van der Waals surface area contributed by atoms with Gasteiger partial charge in [0.1, 0.15) is 5.75 Å². The van der Waals surface area contributed by atoms with Gasteiger partial charge in [0.2, 0.25) is 0 Å². The van der Waals surface area contributed by atoms with E-state index in [0.717, 1.165) is 34.4 Å². The van der Waals surface area contributed by atoms with E-state index in [9.17, 15) is 0 Å². The summed E-state index contributed by atoms with van der Waals surface area (Å²) < 4.78 is 5.27. The number of nitrogens with zero attached hydrogens (tertiary/aromatic N) is 2. The van der Waals surface area contributed by atoms with Crippen molar-refractivity contribution in [3.8, 4) is 5.75 Å². The number of rotatable bonds is 5. The first-order valence-corrected chi connectivity index (χ1v) is 7.50. The van der Waals surface area contributed by atoms with E-state index in [4.69, 9.17) is 4.74 Å². The highest BCUT2D eigenvalue weighted by Gasteiger charge is 2.12. The van der Waals surface area contributed by atoms with Crippen LogP contribution >= 0.6 is 11.3 Å². The molecule has 2 aromatic rings. The minimum absolute atomic E-state index is 0.273. The predicted molar refractivity (Wildman–Crippen MR) is 82.4 cm³/mol. The van der Waals surface area contributed by atoms with Crippen LogP contribution in [0.2, 0.25) is 0 Å². The highest BCUT2D eigenvalue weighted by molar-refractivity contribution is 7.11. The average Bonchev–Trinajstić information content (AvgIpc) is 2.74. The number of nitrogens with one attached hydrogen (secondary N) is 1. The third kappa shape index (κ3) is 3.55. The van der Waals surface area contributed by atoms with E-state index >= 15 is 0 Å². The Kier molecular flexibility index (Phi) is 4.73. The average molecular weight is 291 g/mol. The number of hydrogen-bond acceptors (Lipinski definition) is 5. The van der Waals surface area contributed by atoms with Crippen LogP contribution in [0.3, 0.4) is 0 Å². The molecule has 0 bridgehead atoms. The van der Waals surface area contributed by atoms with Crippen molar-refractivity contribution in [3.05, 3.63) is 39.1 Å². The predicted octanol–water partition coefficient (Wildman–Crippen LogP) is 3.32. The largest absolute Gasteiger partial charge is 0.497 e. The fourth-order valence-corrected chi connectivity index (χ4v) is 3.16. The van der Waals surface area contributed by atoms with Gasteiger partial charge in [-0.05, 0) is 27.7 Å². The van der Waals surface area contributed by atoms with Gasteiger partial charge in [-0.2, -0.15) is 0 Å². The molecule has 0 saturated carbocycles. The van der Waals surface area contributed by atoms with E-state index in [0.29, 0.717) is 0 Å². The van der Waals surface area contributed by atoms with Gasteiger partial charge < -0.3 is 10.1 Å². The topological polar surface area (TPSA) is 47.0 Å². The summed E-state index contributed by atoms with van der Waals surface area (Å²) in [5.74, 6) is 0.853. The fraction of sp³-hybridized carbons (Fsp3) is 0.467. The molecule has 0 aliphatic heterocycles. The van der Waals surface area contributed by atoms with Gasteiger partial charge in [-0.1, -0.05) is 0 Å². The molecule has 0 aliphatic rings. The van der Waals surface area contributed by atoms with Crippen molar-refractivity contribution in [3.63, 3.8) is 0 Å². The highest BCUT2D eigenvalue weighted by atomic mass is 32.1. The van der Waals surface area contributed by atoms with Crippen LogP contribution in [0.1, 0.15) is 39.9 Å². The van der Waals surface area contributed by atoms with Gasteiger partial charge in [-0.15, -0.1) is 11.3 Å². The molecule has 5 heteroatoms. The van der Waals surface area contributed by atoms with Crippen molar-refractivity contribution in [1.29, 1.82) is 0 Å². The maximum Gasteiger partial charge on any atom is 0.122 e. The Morgan fingerprint density at radius 1 is 1.25 bits per heavy atom. The van der Waals surface area contributed by atoms with Gasteiger partial charge >= 0.3 is 0 Å². The summed E-state index contributed by atoms with van der Waals surface area (Å²) in [4.78, 5) is 10.3. The second-order valence-corrected chi connectivity index (χ2v) is 6.16. The minimum Gasteiger partial charge on any atom is -0.497 e. The lowest BCUT2D eigenvalue weighted by Gasteiger charge is -2.13. The molecular formula is C15H21N3OS. The molecule has 20 heavy (non-hydrogen) atoms. The van der Waals surface area contributed by atoms with E-state index in [2.05, 4.69) is 29.1 Å². The van der Waals surface area contributed by atoms with Crippen LogP contribution in [0.4, 0.5) is 0 Å². The Labute approximate surface area is 124 Å². The molecule has 0 amide bonds. The molecule has 0 aliphatic carbocycles. The maximum absolute atomic E-state index is 5.27. The summed E-state index contributed by atoms with van der Waals surface area (Å²) in [6, 6.07) is 4.18. The Bertz CT molecular complexity index is 595. The standard InChI is InChI=1S/C15H21N3OS/c1-9-6-14(19-5)7-13(17-9)8-16-10(2)15-11(3)18-12(4)20-15/h6-7,10,16H,8H2,1-5H3. The monoisotopic (exact) mass is 291 g/mol. The summed E-state index contributed by atoms with van der Waals surface area (Å²) >= 11 is 1.75. The minimum atomic E-state index is 0.273. The highest BCUT2D eigenvalue weighted by Crippen LogP contribution is 2.24. The number of ether oxygens (including phenoxy) is 1. The summed E-state index contributed by atoms with van der Waals surface area (Å²) in [5, 5.41) is 4.61. The number of thiazole rings is 1. The second-order valence-electron chi connectivity index (χ2n) is 4.92. The van der Waals surface area contributed by atoms with Crippen LogP contribution in [0.25, 0.3) is 0 Å². The van der Waals surface area contributed by atoms with Crippen LogP contribution in [0.15, 0.2) is 12.1 Å². The third-order valence-corrected chi connectivity index (χ3v) is 4.39. The van der Waals surface area contributed by atoms with E-state index in [1.165, 1.54) is 4.88 Å². The zero-order chi connectivity index (χ0) is 14.7. The lowest BCUT2D eigenvalue weighted by atomic mass is 10.2. The smallest absolute Gasteiger partial charge is 0.122 e. The molecule has 2 rings (SSSR count). The zero-order valence-corrected chi connectivity index (χ0v) is 13.5. The lowest BCUT2D eigenvalue weighted by molar-refractivity contribution is 0.412. The number of aromatic nitrogens is 2. The Morgan fingerprint density at radius 2 is 2.00 bits per heavy atom. The van der Waals surface area contributed by atoms with Crippen molar-refractivity contribution >= 4 is 11.3 Å². The molecule has 0 aromatic carbocycles. The van der Waals surface area contributed by atoms with Gasteiger partial charge in [0, 0.05) is 35.3 Å². The van der Waals surface area contributed by atoms with Crippen LogP contribution in [-0.2, 0) is 6.54 Å². The fourth-order valence-electron chi connectivity index (χ4n) is 2.21. The number of hydrogen-bond donors (Lipinski definition) is 1. The molecular weight excluding hydrogens is 270 g/mol. The molecule has 1 unspecified atom stereocenters. The molecule has 0 spiro atoms. The molecule has 4 nitrogen and oxygen atoms in total. The summed E-state index contributed by atoms with van der Waals surface area (Å²) in [6.07, 6.45) is 0. The van der Waals surface area contributed by atoms with Gasteiger partial charge in [-0.25, -0.2) is 4.98 Å². The zero-order valence-electron chi connectivity index (χ0n) is 12.7. The van der Waals surface area contributed by atoms with Crippen molar-refractivity contribution in [2.75, 3.05) is 7.11 Å². The molecule has 1 N–H and O–H groups in total. The van der Waals surface area contributed by atoms with E-state index in [-0.39, 0.29) is 6.04 Å². The first kappa shape index (κ1) is 14.9. The molecule has 2 heterocycles. The van der Waals surface area contributed by atoms with Crippen molar-refractivity contribution < 1.29 is 4.74 Å². The first-order valence-electron chi connectivity index (χ1n) is 6.68. The van der Waals surface area contributed by atoms with E-state index < -0.39 is 0 Å². The molecule has 0 fully saturated rings. The summed E-state index contributed by atoms with van der Waals surface area (Å²) in [5.41, 5.74) is 3.08. The molecule has 0 radical (unpaired) electrons. The number of methoxy groups -OCH3 is 1. The Balaban J connectivity index is 2.05. The van der Waals surface area contributed by atoms with Crippen molar-refractivity contribution in [2.45, 2.75) is 40.3 Å². The van der Waals surface area contributed by atoms with Gasteiger partial charge in [0.15, 0.2) is 0 Å². The van der Waals surface area contributed by atoms with Gasteiger partial charge in [0.25, 0.3) is 0 Å². The van der Waals surface area contributed by atoms with Crippen LogP contribution in [-0.4, -0.2) is 17.1 Å². The van der Waals surface area contributed by atoms with Gasteiger partial charge in [-0.3, -0.25) is 4.98 Å². The molecule has 0 saturated heterocycles. The molecule has 2 aromatic heterocycles. The Morgan fingerprint density at radius 3 is 2.60 bits per heavy atom. The van der Waals surface area contributed by atoms with Crippen molar-refractivity contribution in [2.24, 2.45) is 0 Å². The molecule has 108 valence electrons. The third-order valence-electron chi connectivity index (χ3n) is 3.14. The quantitative estimate of drug-likeness (QED) is 0.918. The second kappa shape index (κ2) is 6.33. The van der Waals surface area contributed by atoms with Crippen LogP contribution in [0, 0.1) is 20.8 Å². The van der Waals surface area contributed by atoms with E-state index in [1.807, 2.05) is 26.0 Å². The maximum atomic E-state index is 5.27. The normalized spacial score (nSPS) is 12.4.